The molecule has 0 bridgehead atoms. The molecule has 1 aliphatic rings. The normalized spacial score (nSPS) is 19.4. The molecule has 1 atom stereocenters. The van der Waals surface area contributed by atoms with Gasteiger partial charge in [-0.05, 0) is 6.07 Å². The lowest BCUT2D eigenvalue weighted by molar-refractivity contribution is -0.164. The van der Waals surface area contributed by atoms with Crippen LogP contribution < -0.4 is 4.74 Å². The third-order valence-electron chi connectivity index (χ3n) is 3.55. The number of hydrogen-bond acceptors (Lipinski definition) is 7. The molecule has 0 aliphatic carbocycles. The molecule has 24 heavy (non-hydrogen) atoms. The summed E-state index contributed by atoms with van der Waals surface area (Å²) in [5.74, 6) is 0.714. The molecule has 3 heterocycles. The van der Waals surface area contributed by atoms with E-state index in [0.717, 1.165) is 0 Å². The molecule has 130 valence electrons. The number of hydrogen-bond donors (Lipinski definition) is 0. The van der Waals surface area contributed by atoms with E-state index in [-0.39, 0.29) is 31.5 Å². The molecular weight excluding hydrogens is 329 g/mol. The largest absolute Gasteiger partial charge is 0.481 e. The Morgan fingerprint density at radius 3 is 3.00 bits per heavy atom. The van der Waals surface area contributed by atoms with Crippen LogP contribution in [0.3, 0.4) is 0 Å². The zero-order valence-electron chi connectivity index (χ0n) is 12.8. The fourth-order valence-electron chi connectivity index (χ4n) is 2.43. The van der Waals surface area contributed by atoms with Crippen molar-refractivity contribution in [2.45, 2.75) is 12.2 Å². The first-order valence-corrected chi connectivity index (χ1v) is 7.19. The third-order valence-corrected chi connectivity index (χ3v) is 3.55. The summed E-state index contributed by atoms with van der Waals surface area (Å²) in [5, 5.41) is 3.84. The van der Waals surface area contributed by atoms with Gasteiger partial charge in [0.2, 0.25) is 17.6 Å². The Labute approximate surface area is 135 Å². The first kappa shape index (κ1) is 16.7. The molecule has 7 nitrogen and oxygen atoms in total. The van der Waals surface area contributed by atoms with Gasteiger partial charge in [-0.2, -0.15) is 18.2 Å². The van der Waals surface area contributed by atoms with Crippen molar-refractivity contribution in [2.75, 3.05) is 33.4 Å². The third kappa shape index (κ3) is 3.82. The molecule has 0 saturated carbocycles. The molecular formula is C14H15F3N4O3. The highest BCUT2D eigenvalue weighted by Gasteiger charge is 2.38. The van der Waals surface area contributed by atoms with Crippen LogP contribution in [-0.4, -0.2) is 59.6 Å². The van der Waals surface area contributed by atoms with Gasteiger partial charge >= 0.3 is 6.18 Å². The number of aromatic nitrogens is 3. The highest BCUT2D eigenvalue weighted by atomic mass is 19.4. The van der Waals surface area contributed by atoms with Gasteiger partial charge < -0.3 is 14.0 Å². The lowest BCUT2D eigenvalue weighted by atomic mass is 10.2. The van der Waals surface area contributed by atoms with Crippen molar-refractivity contribution in [3.05, 3.63) is 24.2 Å². The number of alkyl halides is 3. The summed E-state index contributed by atoms with van der Waals surface area (Å²) in [6, 6.07) is 2.53. The van der Waals surface area contributed by atoms with E-state index in [1.807, 2.05) is 0 Å². The minimum absolute atomic E-state index is 0.0668. The minimum Gasteiger partial charge on any atom is -0.481 e. The van der Waals surface area contributed by atoms with Gasteiger partial charge in [-0.15, -0.1) is 0 Å². The molecule has 0 spiro atoms. The Kier molecular flexibility index (Phi) is 4.67. The molecule has 0 aromatic carbocycles. The lowest BCUT2D eigenvalue weighted by Crippen LogP contribution is -2.44. The molecule has 1 saturated heterocycles. The second kappa shape index (κ2) is 6.73. The maximum absolute atomic E-state index is 12.7. The Morgan fingerprint density at radius 1 is 1.42 bits per heavy atom. The summed E-state index contributed by atoms with van der Waals surface area (Å²) in [6.45, 7) is -0.612. The molecule has 0 amide bonds. The number of halogens is 3. The van der Waals surface area contributed by atoms with Crippen LogP contribution in [-0.2, 0) is 4.74 Å². The van der Waals surface area contributed by atoms with Gasteiger partial charge in [0.05, 0.1) is 26.9 Å². The first-order valence-electron chi connectivity index (χ1n) is 7.19. The molecule has 2 aromatic rings. The van der Waals surface area contributed by atoms with E-state index in [0.29, 0.717) is 11.4 Å². The van der Waals surface area contributed by atoms with E-state index in [1.54, 1.807) is 12.1 Å². The summed E-state index contributed by atoms with van der Waals surface area (Å²) in [5.41, 5.74) is 0.593. The zero-order chi connectivity index (χ0) is 17.2. The van der Waals surface area contributed by atoms with E-state index in [9.17, 15) is 13.2 Å². The monoisotopic (exact) mass is 344 g/mol. The van der Waals surface area contributed by atoms with Crippen LogP contribution >= 0.6 is 0 Å². The summed E-state index contributed by atoms with van der Waals surface area (Å²) < 4.78 is 53.6. The Morgan fingerprint density at radius 2 is 2.25 bits per heavy atom. The molecule has 2 aromatic heterocycles. The predicted molar refractivity (Wildman–Crippen MR) is 75.3 cm³/mol. The SMILES string of the molecule is COc1cc(-c2noc([C@H]3COCCN3CC(F)(F)F)n2)ccn1. The van der Waals surface area contributed by atoms with Crippen LogP contribution in [0, 0.1) is 0 Å². The quantitative estimate of drug-likeness (QED) is 0.841. The van der Waals surface area contributed by atoms with Crippen LogP contribution in [0.5, 0.6) is 5.88 Å². The summed E-state index contributed by atoms with van der Waals surface area (Å²) in [6.07, 6.45) is -2.79. The van der Waals surface area contributed by atoms with Crippen molar-refractivity contribution in [3.8, 4) is 17.3 Å². The number of methoxy groups -OCH3 is 1. The molecule has 10 heteroatoms. The molecule has 0 unspecified atom stereocenters. The number of nitrogens with zero attached hydrogens (tertiary/aromatic N) is 4. The Balaban J connectivity index is 1.82. The van der Waals surface area contributed by atoms with Gasteiger partial charge in [0.25, 0.3) is 0 Å². The van der Waals surface area contributed by atoms with Crippen LogP contribution in [0.2, 0.25) is 0 Å². The lowest BCUT2D eigenvalue weighted by Gasteiger charge is -2.33. The van der Waals surface area contributed by atoms with Crippen molar-refractivity contribution in [1.29, 1.82) is 0 Å². The van der Waals surface area contributed by atoms with Crippen molar-refractivity contribution in [3.63, 3.8) is 0 Å². The van der Waals surface area contributed by atoms with Crippen LogP contribution in [0.1, 0.15) is 11.9 Å². The van der Waals surface area contributed by atoms with Gasteiger partial charge in [0.15, 0.2) is 0 Å². The first-order chi connectivity index (χ1) is 11.5. The van der Waals surface area contributed by atoms with E-state index in [4.69, 9.17) is 14.0 Å². The molecule has 0 radical (unpaired) electrons. The number of morpholine rings is 1. The fraction of sp³-hybridized carbons (Fsp3) is 0.500. The predicted octanol–water partition coefficient (Wildman–Crippen LogP) is 2.08. The minimum atomic E-state index is -4.31. The number of ether oxygens (including phenoxy) is 2. The number of rotatable bonds is 4. The van der Waals surface area contributed by atoms with Crippen molar-refractivity contribution >= 4 is 0 Å². The second-order valence-electron chi connectivity index (χ2n) is 5.22. The molecule has 0 N–H and O–H groups in total. The average molecular weight is 344 g/mol. The van der Waals surface area contributed by atoms with E-state index < -0.39 is 18.8 Å². The average Bonchev–Trinajstić information content (AvgIpc) is 3.04. The zero-order valence-corrected chi connectivity index (χ0v) is 12.8. The van der Waals surface area contributed by atoms with E-state index >= 15 is 0 Å². The Hall–Kier alpha value is -2.20. The summed E-state index contributed by atoms with van der Waals surface area (Å²) in [7, 11) is 1.47. The van der Waals surface area contributed by atoms with Crippen molar-refractivity contribution in [2.24, 2.45) is 0 Å². The molecule has 3 rings (SSSR count). The van der Waals surface area contributed by atoms with E-state index in [1.165, 1.54) is 18.2 Å². The smallest absolute Gasteiger partial charge is 0.401 e. The topological polar surface area (TPSA) is 73.5 Å². The standard InChI is InChI=1S/C14H15F3N4O3/c1-22-11-6-9(2-3-18-11)12-19-13(24-20-12)10-7-23-5-4-21(10)8-14(15,16)17/h2-3,6,10H,4-5,7-8H2,1H3/t10-/m1/s1. The van der Waals surface area contributed by atoms with Crippen molar-refractivity contribution < 1.29 is 27.2 Å². The number of pyridine rings is 1. The van der Waals surface area contributed by atoms with Crippen LogP contribution in [0.4, 0.5) is 13.2 Å². The van der Waals surface area contributed by atoms with Crippen molar-refractivity contribution in [1.82, 2.24) is 20.0 Å². The van der Waals surface area contributed by atoms with Crippen LogP contribution in [0.15, 0.2) is 22.9 Å². The van der Waals surface area contributed by atoms with Gasteiger partial charge in [-0.25, -0.2) is 4.98 Å². The summed E-state index contributed by atoms with van der Waals surface area (Å²) >= 11 is 0. The molecule has 1 aliphatic heterocycles. The maximum Gasteiger partial charge on any atom is 0.401 e. The highest BCUT2D eigenvalue weighted by molar-refractivity contribution is 5.55. The highest BCUT2D eigenvalue weighted by Crippen LogP contribution is 2.29. The maximum atomic E-state index is 12.7. The summed E-state index contributed by atoms with van der Waals surface area (Å²) in [4.78, 5) is 9.41. The van der Waals surface area contributed by atoms with Gasteiger partial charge in [0, 0.05) is 24.4 Å². The Bertz CT molecular complexity index is 692. The van der Waals surface area contributed by atoms with E-state index in [2.05, 4.69) is 15.1 Å². The fourth-order valence-corrected chi connectivity index (χ4v) is 2.43. The molecule has 1 fully saturated rings. The van der Waals surface area contributed by atoms with Gasteiger partial charge in [-0.3, -0.25) is 4.90 Å². The van der Waals surface area contributed by atoms with Gasteiger partial charge in [0.1, 0.15) is 6.04 Å². The van der Waals surface area contributed by atoms with Gasteiger partial charge in [-0.1, -0.05) is 5.16 Å². The second-order valence-corrected chi connectivity index (χ2v) is 5.22. The van der Waals surface area contributed by atoms with Crippen LogP contribution in [0.25, 0.3) is 11.4 Å².